The Labute approximate surface area is 50.8 Å². The molecule has 0 aliphatic carbocycles. The van der Waals surface area contributed by atoms with Crippen molar-refractivity contribution in [3.05, 3.63) is 0 Å². The van der Waals surface area contributed by atoms with Gasteiger partial charge >= 0.3 is 0 Å². The Morgan fingerprint density at radius 3 is 2.14 bits per heavy atom. The second kappa shape index (κ2) is 1.53. The minimum absolute atomic E-state index is 0.179. The van der Waals surface area contributed by atoms with Crippen molar-refractivity contribution < 1.29 is 4.79 Å². The second-order valence-corrected chi connectivity index (χ2v) is 2.25. The van der Waals surface area contributed by atoms with Gasteiger partial charge in [-0.25, -0.2) is 0 Å². The summed E-state index contributed by atoms with van der Waals surface area (Å²) in [5, 5.41) is 1.84. The maximum absolute atomic E-state index is 10.1. The summed E-state index contributed by atoms with van der Waals surface area (Å²) in [5.41, 5.74) is -0.353. The Balaban J connectivity index is 2.43. The van der Waals surface area contributed by atoms with Crippen LogP contribution >= 0.6 is 23.2 Å². The Kier molecular flexibility index (Phi) is 1.13. The van der Waals surface area contributed by atoms with Crippen molar-refractivity contribution in [2.45, 2.75) is 10.9 Å². The van der Waals surface area contributed by atoms with E-state index < -0.39 is 5.38 Å². The van der Waals surface area contributed by atoms with Crippen LogP contribution in [0, 0.1) is 0 Å². The average molecular weight is 140 g/mol. The summed E-state index contributed by atoms with van der Waals surface area (Å²) in [7, 11) is 0. The first-order chi connectivity index (χ1) is 3.22. The lowest BCUT2D eigenvalue weighted by molar-refractivity contribution is -0.125. The van der Waals surface area contributed by atoms with Crippen LogP contribution in [0.1, 0.15) is 0 Å². The van der Waals surface area contributed by atoms with Gasteiger partial charge in [0.1, 0.15) is 10.9 Å². The van der Waals surface area contributed by atoms with Gasteiger partial charge < -0.3 is 5.32 Å². The van der Waals surface area contributed by atoms with Crippen LogP contribution in [-0.4, -0.2) is 16.8 Å². The van der Waals surface area contributed by atoms with E-state index in [0.717, 1.165) is 0 Å². The van der Waals surface area contributed by atoms with Gasteiger partial charge in [0.15, 0.2) is 0 Å². The number of hydrogen-bond acceptors (Lipinski definition) is 1. The summed E-state index contributed by atoms with van der Waals surface area (Å²) in [6.07, 6.45) is 0. The normalized spacial score (nSPS) is 39.4. The molecule has 2 atom stereocenters. The first-order valence-electron chi connectivity index (χ1n) is 1.80. The monoisotopic (exact) mass is 139 g/mol. The molecule has 40 valence electrons. The summed E-state index contributed by atoms with van der Waals surface area (Å²) in [6.45, 7) is 0. The molecular formula is C3H3Cl2NO. The molecule has 1 heterocycles. The van der Waals surface area contributed by atoms with E-state index in [1.54, 1.807) is 0 Å². The topological polar surface area (TPSA) is 29.1 Å². The summed E-state index contributed by atoms with van der Waals surface area (Å²) >= 11 is 10.6. The molecule has 1 fully saturated rings. The summed E-state index contributed by atoms with van der Waals surface area (Å²) in [4.78, 5) is 10.1. The maximum atomic E-state index is 10.1. The van der Waals surface area contributed by atoms with Crippen LogP contribution in [0.4, 0.5) is 0 Å². The molecule has 1 aliphatic rings. The van der Waals surface area contributed by atoms with E-state index in [9.17, 15) is 4.79 Å². The quantitative estimate of drug-likeness (QED) is 0.292. The molecule has 1 aliphatic heterocycles. The molecule has 0 spiro atoms. The maximum Gasteiger partial charge on any atom is 0.242 e. The Morgan fingerprint density at radius 1 is 1.57 bits per heavy atom. The lowest BCUT2D eigenvalue weighted by atomic mass is 10.3. The fraction of sp³-hybridized carbons (Fsp3) is 0.667. The predicted molar refractivity (Wildman–Crippen MR) is 27.4 cm³/mol. The first-order valence-corrected chi connectivity index (χ1v) is 2.67. The van der Waals surface area contributed by atoms with Gasteiger partial charge in [-0.2, -0.15) is 0 Å². The zero-order valence-electron chi connectivity index (χ0n) is 3.32. The number of carbonyl (C=O) groups is 1. The van der Waals surface area contributed by atoms with E-state index in [1.807, 2.05) is 0 Å². The van der Waals surface area contributed by atoms with Gasteiger partial charge in [-0.1, -0.05) is 11.6 Å². The van der Waals surface area contributed by atoms with Crippen molar-refractivity contribution in [1.29, 1.82) is 0 Å². The molecule has 7 heavy (non-hydrogen) atoms. The molecule has 0 radical (unpaired) electrons. The first kappa shape index (κ1) is 5.19. The largest absolute Gasteiger partial charge is 0.337 e. The highest BCUT2D eigenvalue weighted by atomic mass is 35.5. The van der Waals surface area contributed by atoms with Gasteiger partial charge in [0.25, 0.3) is 0 Å². The van der Waals surface area contributed by atoms with E-state index >= 15 is 0 Å². The molecule has 1 amide bonds. The molecule has 2 nitrogen and oxygen atoms in total. The van der Waals surface area contributed by atoms with Crippen LogP contribution in [-0.2, 0) is 4.79 Å². The Bertz CT molecular complexity index is 105. The van der Waals surface area contributed by atoms with Crippen LogP contribution in [0.2, 0.25) is 0 Å². The Hall–Kier alpha value is 0.0500. The fourth-order valence-electron chi connectivity index (χ4n) is 0.325. The second-order valence-electron chi connectivity index (χ2n) is 1.31. The molecule has 0 aromatic carbocycles. The van der Waals surface area contributed by atoms with E-state index in [-0.39, 0.29) is 11.4 Å². The fourth-order valence-corrected chi connectivity index (χ4v) is 0.673. The Morgan fingerprint density at radius 2 is 2.14 bits per heavy atom. The van der Waals surface area contributed by atoms with Crippen molar-refractivity contribution in [3.63, 3.8) is 0 Å². The number of alkyl halides is 2. The lowest BCUT2D eigenvalue weighted by Gasteiger charge is -2.26. The van der Waals surface area contributed by atoms with Gasteiger partial charge in [-0.15, -0.1) is 11.6 Å². The molecule has 1 rings (SSSR count). The van der Waals surface area contributed by atoms with Crippen molar-refractivity contribution in [3.8, 4) is 0 Å². The van der Waals surface area contributed by atoms with Crippen LogP contribution in [0.3, 0.4) is 0 Å². The summed E-state index contributed by atoms with van der Waals surface area (Å²) in [5.74, 6) is -0.179. The van der Waals surface area contributed by atoms with Gasteiger partial charge in [0.2, 0.25) is 5.91 Å². The van der Waals surface area contributed by atoms with E-state index in [0.29, 0.717) is 0 Å². The van der Waals surface area contributed by atoms with Gasteiger partial charge in [-0.05, 0) is 0 Å². The molecule has 1 saturated heterocycles. The lowest BCUT2D eigenvalue weighted by Crippen LogP contribution is -2.56. The number of nitrogens with one attached hydrogen (secondary N) is 1. The smallest absolute Gasteiger partial charge is 0.242 e. The highest BCUT2D eigenvalue weighted by molar-refractivity contribution is 6.41. The highest BCUT2D eigenvalue weighted by Gasteiger charge is 2.35. The zero-order valence-corrected chi connectivity index (χ0v) is 4.83. The molecule has 4 heteroatoms. The van der Waals surface area contributed by atoms with Crippen molar-refractivity contribution in [2.75, 3.05) is 0 Å². The zero-order chi connectivity index (χ0) is 5.44. The number of amides is 1. The molecule has 0 aromatic rings. The third kappa shape index (κ3) is 0.683. The molecule has 0 saturated carbocycles. The number of β-lactam (4-membered cyclic amide) rings is 1. The molecule has 0 aromatic heterocycles. The van der Waals surface area contributed by atoms with Crippen LogP contribution in [0.25, 0.3) is 0 Å². The molecule has 2 unspecified atom stereocenters. The standard InChI is InChI=1S/C3H3Cl2NO/c4-1-2(5)6-3(1)7/h1-2H,(H,6,7). The van der Waals surface area contributed by atoms with E-state index in [2.05, 4.69) is 5.32 Å². The van der Waals surface area contributed by atoms with Gasteiger partial charge in [-0.3, -0.25) is 4.79 Å². The molecule has 0 bridgehead atoms. The van der Waals surface area contributed by atoms with E-state index in [1.165, 1.54) is 0 Å². The van der Waals surface area contributed by atoms with Crippen molar-refractivity contribution in [1.82, 2.24) is 5.32 Å². The predicted octanol–water partition coefficient (Wildman–Crippen LogP) is 0.288. The van der Waals surface area contributed by atoms with Crippen LogP contribution in [0.5, 0.6) is 0 Å². The molecular weight excluding hydrogens is 137 g/mol. The number of halogens is 2. The van der Waals surface area contributed by atoms with Gasteiger partial charge in [0, 0.05) is 0 Å². The summed E-state index contributed by atoms with van der Waals surface area (Å²) < 4.78 is 0. The van der Waals surface area contributed by atoms with Gasteiger partial charge in [0.05, 0.1) is 0 Å². The van der Waals surface area contributed by atoms with Crippen LogP contribution < -0.4 is 5.32 Å². The van der Waals surface area contributed by atoms with Crippen molar-refractivity contribution in [2.24, 2.45) is 0 Å². The third-order valence-corrected chi connectivity index (χ3v) is 1.73. The minimum atomic E-state index is -0.512. The number of carbonyl (C=O) groups excluding carboxylic acids is 1. The van der Waals surface area contributed by atoms with Crippen LogP contribution in [0.15, 0.2) is 0 Å². The SMILES string of the molecule is O=C1NC(Cl)C1Cl. The minimum Gasteiger partial charge on any atom is -0.337 e. The average Bonchev–Trinajstić information content (AvgIpc) is 1.68. The number of hydrogen-bond donors (Lipinski definition) is 1. The molecule has 1 N–H and O–H groups in total. The summed E-state index contributed by atoms with van der Waals surface area (Å²) in [6, 6.07) is 0. The third-order valence-electron chi connectivity index (χ3n) is 0.788. The highest BCUT2D eigenvalue weighted by Crippen LogP contribution is 2.15. The van der Waals surface area contributed by atoms with E-state index in [4.69, 9.17) is 23.2 Å². The van der Waals surface area contributed by atoms with Crippen molar-refractivity contribution >= 4 is 29.1 Å². The number of rotatable bonds is 0.